The number of hydrogen-bond donors (Lipinski definition) is 0. The van der Waals surface area contributed by atoms with Gasteiger partial charge >= 0.3 is 0 Å². The van der Waals surface area contributed by atoms with E-state index in [1.807, 2.05) is 12.1 Å². The summed E-state index contributed by atoms with van der Waals surface area (Å²) in [5, 5.41) is 0.130. The van der Waals surface area contributed by atoms with Gasteiger partial charge in [-0.3, -0.25) is 0 Å². The second kappa shape index (κ2) is 3.42. The average molecular weight is 295 g/mol. The molecule has 0 aliphatic carbocycles. The van der Waals surface area contributed by atoms with E-state index in [0.29, 0.717) is 0 Å². The molecule has 1 nitrogen and oxygen atoms in total. The normalized spacial score (nSPS) is 21.3. The van der Waals surface area contributed by atoms with Gasteiger partial charge in [-0.1, -0.05) is 6.07 Å². The Balaban J connectivity index is 2.46. The van der Waals surface area contributed by atoms with E-state index in [-0.39, 0.29) is 5.38 Å². The fraction of sp³-hybridized carbons (Fsp3) is 0.333. The smallest absolute Gasteiger partial charge is 0.125 e. The summed E-state index contributed by atoms with van der Waals surface area (Å²) >= 11 is 8.39. The van der Waals surface area contributed by atoms with Crippen molar-refractivity contribution in [2.24, 2.45) is 0 Å². The van der Waals surface area contributed by atoms with Gasteiger partial charge < -0.3 is 4.74 Å². The molecular weight excluding hydrogens is 286 g/mol. The number of rotatable bonds is 0. The molecule has 0 aromatic heterocycles. The lowest BCUT2D eigenvalue weighted by Gasteiger charge is -2.21. The van der Waals surface area contributed by atoms with Crippen molar-refractivity contribution in [3.05, 3.63) is 27.3 Å². The summed E-state index contributed by atoms with van der Waals surface area (Å²) < 4.78 is 6.68. The topological polar surface area (TPSA) is 9.23 Å². The minimum atomic E-state index is 0.130. The number of halogens is 2. The SMILES string of the molecule is ClC1CCOc2cc(I)ccc21. The minimum absolute atomic E-state index is 0.130. The van der Waals surface area contributed by atoms with Crippen molar-refractivity contribution in [2.75, 3.05) is 6.61 Å². The van der Waals surface area contributed by atoms with Crippen molar-refractivity contribution in [3.63, 3.8) is 0 Å². The van der Waals surface area contributed by atoms with Crippen LogP contribution in [0.5, 0.6) is 5.75 Å². The van der Waals surface area contributed by atoms with Gasteiger partial charge in [-0.25, -0.2) is 0 Å². The molecule has 1 aromatic rings. The van der Waals surface area contributed by atoms with Crippen LogP contribution in [0.1, 0.15) is 17.4 Å². The third-order valence-corrected chi connectivity index (χ3v) is 3.07. The number of alkyl halides is 1. The van der Waals surface area contributed by atoms with E-state index in [2.05, 4.69) is 28.7 Å². The highest BCUT2D eigenvalue weighted by atomic mass is 127. The van der Waals surface area contributed by atoms with Crippen molar-refractivity contribution in [2.45, 2.75) is 11.8 Å². The monoisotopic (exact) mass is 294 g/mol. The summed E-state index contributed by atoms with van der Waals surface area (Å²) in [4.78, 5) is 0. The van der Waals surface area contributed by atoms with Gasteiger partial charge in [0.2, 0.25) is 0 Å². The lowest BCUT2D eigenvalue weighted by Crippen LogP contribution is -2.10. The first kappa shape index (κ1) is 8.63. The molecule has 0 fully saturated rings. The zero-order valence-electron chi connectivity index (χ0n) is 6.39. The first-order valence-electron chi connectivity index (χ1n) is 3.83. The van der Waals surface area contributed by atoms with Crippen LogP contribution in [0.2, 0.25) is 0 Å². The van der Waals surface area contributed by atoms with Gasteiger partial charge in [0.05, 0.1) is 12.0 Å². The molecule has 1 atom stereocenters. The first-order chi connectivity index (χ1) is 5.77. The predicted octanol–water partition coefficient (Wildman–Crippen LogP) is 3.35. The molecule has 0 amide bonds. The molecule has 0 saturated heterocycles. The lowest BCUT2D eigenvalue weighted by molar-refractivity contribution is 0.285. The Labute approximate surface area is 90.2 Å². The lowest BCUT2D eigenvalue weighted by atomic mass is 10.1. The molecule has 1 heterocycles. The summed E-state index contributed by atoms with van der Waals surface area (Å²) in [5.41, 5.74) is 1.13. The van der Waals surface area contributed by atoms with Crippen LogP contribution in [-0.2, 0) is 0 Å². The van der Waals surface area contributed by atoms with E-state index in [1.54, 1.807) is 0 Å². The molecule has 0 saturated carbocycles. The second-order valence-corrected chi connectivity index (χ2v) is 4.56. The standard InChI is InChI=1S/C9H8ClIO/c10-8-3-4-12-9-5-6(11)1-2-7(8)9/h1-2,5,8H,3-4H2. The fourth-order valence-electron chi connectivity index (χ4n) is 1.32. The molecule has 64 valence electrons. The van der Waals surface area contributed by atoms with Crippen molar-refractivity contribution >= 4 is 34.2 Å². The molecular formula is C9H8ClIO. The van der Waals surface area contributed by atoms with Gasteiger partial charge in [0.25, 0.3) is 0 Å². The van der Waals surface area contributed by atoms with E-state index >= 15 is 0 Å². The van der Waals surface area contributed by atoms with E-state index in [9.17, 15) is 0 Å². The van der Waals surface area contributed by atoms with Crippen LogP contribution in [0, 0.1) is 3.57 Å². The quantitative estimate of drug-likeness (QED) is 0.527. The third kappa shape index (κ3) is 1.55. The molecule has 3 heteroatoms. The molecule has 0 bridgehead atoms. The summed E-state index contributed by atoms with van der Waals surface area (Å²) in [5.74, 6) is 0.952. The second-order valence-electron chi connectivity index (χ2n) is 2.79. The number of benzene rings is 1. The third-order valence-electron chi connectivity index (χ3n) is 1.94. The van der Waals surface area contributed by atoms with Crippen LogP contribution < -0.4 is 4.74 Å². The minimum Gasteiger partial charge on any atom is -0.493 e. The largest absolute Gasteiger partial charge is 0.493 e. The van der Waals surface area contributed by atoms with Gasteiger partial charge in [0, 0.05) is 15.6 Å². The molecule has 12 heavy (non-hydrogen) atoms. The summed E-state index contributed by atoms with van der Waals surface area (Å²) in [6, 6.07) is 6.14. The Bertz CT molecular complexity index is 301. The number of fused-ring (bicyclic) bond motifs is 1. The van der Waals surface area contributed by atoms with Crippen LogP contribution >= 0.6 is 34.2 Å². The van der Waals surface area contributed by atoms with E-state index in [0.717, 1.165) is 24.3 Å². The Morgan fingerprint density at radius 2 is 2.33 bits per heavy atom. The van der Waals surface area contributed by atoms with Gasteiger partial charge in [0.1, 0.15) is 5.75 Å². The molecule has 1 aromatic carbocycles. The highest BCUT2D eigenvalue weighted by Gasteiger charge is 2.18. The van der Waals surface area contributed by atoms with Crippen LogP contribution in [0.25, 0.3) is 0 Å². The fourth-order valence-corrected chi connectivity index (χ4v) is 2.05. The maximum atomic E-state index is 6.12. The Kier molecular flexibility index (Phi) is 2.46. The van der Waals surface area contributed by atoms with Crippen LogP contribution in [0.3, 0.4) is 0 Å². The van der Waals surface area contributed by atoms with Crippen LogP contribution in [0.15, 0.2) is 18.2 Å². The van der Waals surface area contributed by atoms with Gasteiger partial charge in [-0.2, -0.15) is 0 Å². The average Bonchev–Trinajstić information content (AvgIpc) is 2.04. The molecule has 2 rings (SSSR count). The first-order valence-corrected chi connectivity index (χ1v) is 5.35. The van der Waals surface area contributed by atoms with Gasteiger partial charge in [-0.15, -0.1) is 11.6 Å². The molecule has 1 unspecified atom stereocenters. The molecule has 1 aliphatic rings. The molecule has 0 radical (unpaired) electrons. The van der Waals surface area contributed by atoms with Gasteiger partial charge in [0.15, 0.2) is 0 Å². The predicted molar refractivity (Wildman–Crippen MR) is 57.9 cm³/mol. The maximum absolute atomic E-state index is 6.12. The molecule has 1 aliphatic heterocycles. The van der Waals surface area contributed by atoms with Crippen LogP contribution in [0.4, 0.5) is 0 Å². The highest BCUT2D eigenvalue weighted by molar-refractivity contribution is 14.1. The zero-order valence-corrected chi connectivity index (χ0v) is 9.30. The summed E-state index contributed by atoms with van der Waals surface area (Å²) in [6.07, 6.45) is 0.912. The Hall–Kier alpha value is 0.0400. The van der Waals surface area contributed by atoms with E-state index in [4.69, 9.17) is 16.3 Å². The van der Waals surface area contributed by atoms with Crippen molar-refractivity contribution in [1.29, 1.82) is 0 Å². The Morgan fingerprint density at radius 1 is 1.50 bits per heavy atom. The molecule has 0 N–H and O–H groups in total. The van der Waals surface area contributed by atoms with E-state index < -0.39 is 0 Å². The van der Waals surface area contributed by atoms with Crippen molar-refractivity contribution in [1.82, 2.24) is 0 Å². The van der Waals surface area contributed by atoms with Gasteiger partial charge in [-0.05, 0) is 34.7 Å². The maximum Gasteiger partial charge on any atom is 0.125 e. The van der Waals surface area contributed by atoms with Crippen molar-refractivity contribution < 1.29 is 4.74 Å². The summed E-state index contributed by atoms with van der Waals surface area (Å²) in [6.45, 7) is 0.737. The van der Waals surface area contributed by atoms with Crippen LogP contribution in [-0.4, -0.2) is 6.61 Å². The summed E-state index contributed by atoms with van der Waals surface area (Å²) in [7, 11) is 0. The Morgan fingerprint density at radius 3 is 3.17 bits per heavy atom. The molecule has 0 spiro atoms. The zero-order chi connectivity index (χ0) is 8.55. The number of ether oxygens (including phenoxy) is 1. The van der Waals surface area contributed by atoms with E-state index in [1.165, 1.54) is 3.57 Å². The number of hydrogen-bond acceptors (Lipinski definition) is 1. The highest BCUT2D eigenvalue weighted by Crippen LogP contribution is 2.36. The van der Waals surface area contributed by atoms with Crippen molar-refractivity contribution in [3.8, 4) is 5.75 Å².